The molecule has 0 fully saturated rings. The van der Waals surface area contributed by atoms with E-state index in [-0.39, 0.29) is 12.5 Å². The second-order valence-corrected chi connectivity index (χ2v) is 6.23. The molecule has 0 heterocycles. The molecule has 0 atom stereocenters. The lowest BCUT2D eigenvalue weighted by atomic mass is 10.2. The lowest BCUT2D eigenvalue weighted by molar-refractivity contribution is -0.119. The summed E-state index contributed by atoms with van der Waals surface area (Å²) in [5, 5.41) is 2.69. The Balaban J connectivity index is 1.87. The number of hydrogen-bond donors (Lipinski definition) is 1. The number of esters is 1. The van der Waals surface area contributed by atoms with Crippen LogP contribution in [-0.4, -0.2) is 25.1 Å². The molecule has 0 spiro atoms. The lowest BCUT2D eigenvalue weighted by Crippen LogP contribution is -2.21. The van der Waals surface area contributed by atoms with Crippen molar-refractivity contribution in [1.29, 1.82) is 0 Å². The zero-order chi connectivity index (χ0) is 18.2. The number of nitrogens with one attached hydrogen (secondary N) is 1. The Morgan fingerprint density at radius 2 is 1.84 bits per heavy atom. The predicted molar refractivity (Wildman–Crippen MR) is 96.9 cm³/mol. The first-order chi connectivity index (χ1) is 11.9. The van der Waals surface area contributed by atoms with Gasteiger partial charge >= 0.3 is 5.97 Å². The maximum absolute atomic E-state index is 12.1. The number of anilines is 1. The lowest BCUT2D eigenvalue weighted by Gasteiger charge is -2.10. The highest BCUT2D eigenvalue weighted by Crippen LogP contribution is 2.15. The molecule has 1 amide bonds. The van der Waals surface area contributed by atoms with Gasteiger partial charge in [0.15, 0.2) is 6.61 Å². The zero-order valence-electron chi connectivity index (χ0n) is 14.7. The Morgan fingerprint density at radius 1 is 1.08 bits per heavy atom. The molecular formula is C20H23NO4. The normalized spacial score (nSPS) is 10.4. The van der Waals surface area contributed by atoms with Crippen LogP contribution in [0, 0.1) is 12.8 Å². The van der Waals surface area contributed by atoms with Crippen LogP contribution in [0.15, 0.2) is 48.5 Å². The first kappa shape index (κ1) is 18.5. The van der Waals surface area contributed by atoms with Crippen LogP contribution >= 0.6 is 0 Å². The van der Waals surface area contributed by atoms with Crippen LogP contribution in [0.5, 0.6) is 5.75 Å². The minimum atomic E-state index is -0.561. The molecule has 0 saturated heterocycles. The van der Waals surface area contributed by atoms with Crippen molar-refractivity contribution >= 4 is 17.6 Å². The molecule has 0 aromatic heterocycles. The van der Waals surface area contributed by atoms with Crippen LogP contribution < -0.4 is 10.1 Å². The van der Waals surface area contributed by atoms with E-state index in [9.17, 15) is 9.59 Å². The molecule has 0 radical (unpaired) electrons. The molecule has 0 unspecified atom stereocenters. The first-order valence-corrected chi connectivity index (χ1v) is 8.20. The summed E-state index contributed by atoms with van der Waals surface area (Å²) in [6, 6.07) is 14.1. The van der Waals surface area contributed by atoms with Gasteiger partial charge < -0.3 is 14.8 Å². The summed E-state index contributed by atoms with van der Waals surface area (Å²) in [7, 11) is 0. The second-order valence-electron chi connectivity index (χ2n) is 6.23. The van der Waals surface area contributed by atoms with E-state index in [4.69, 9.17) is 9.47 Å². The Kier molecular flexibility index (Phi) is 6.57. The fourth-order valence-corrected chi connectivity index (χ4v) is 2.11. The summed E-state index contributed by atoms with van der Waals surface area (Å²) in [4.78, 5) is 24.0. The third-order valence-electron chi connectivity index (χ3n) is 3.29. The molecule has 5 nitrogen and oxygen atoms in total. The highest BCUT2D eigenvalue weighted by molar-refractivity contribution is 5.95. The number of ether oxygens (including phenoxy) is 2. The topological polar surface area (TPSA) is 64.6 Å². The highest BCUT2D eigenvalue weighted by atomic mass is 16.5. The van der Waals surface area contributed by atoms with Gasteiger partial charge in [0, 0.05) is 5.69 Å². The SMILES string of the molecule is Cc1cccc(NC(=O)COC(=O)c2cccc(OCC(C)C)c2)c1. The summed E-state index contributed by atoms with van der Waals surface area (Å²) in [5.41, 5.74) is 2.06. The molecule has 2 aromatic rings. The van der Waals surface area contributed by atoms with Gasteiger partial charge in [-0.3, -0.25) is 4.79 Å². The monoisotopic (exact) mass is 341 g/mol. The number of amides is 1. The van der Waals surface area contributed by atoms with E-state index in [0.717, 1.165) is 5.56 Å². The van der Waals surface area contributed by atoms with Crippen molar-refractivity contribution in [2.45, 2.75) is 20.8 Å². The molecule has 0 bridgehead atoms. The van der Waals surface area contributed by atoms with Crippen LogP contribution in [0.25, 0.3) is 0 Å². The van der Waals surface area contributed by atoms with Crippen molar-refractivity contribution in [3.8, 4) is 5.75 Å². The minimum absolute atomic E-state index is 0.343. The van der Waals surface area contributed by atoms with Gasteiger partial charge in [0.1, 0.15) is 5.75 Å². The molecule has 0 aliphatic rings. The number of aryl methyl sites for hydroxylation is 1. The standard InChI is InChI=1S/C20H23NO4/c1-14(2)12-24-18-9-5-7-16(11-18)20(23)25-13-19(22)21-17-8-4-6-15(3)10-17/h4-11,14H,12-13H2,1-3H3,(H,21,22). The summed E-state index contributed by atoms with van der Waals surface area (Å²) >= 11 is 0. The van der Waals surface area contributed by atoms with Gasteiger partial charge in [0.25, 0.3) is 5.91 Å². The first-order valence-electron chi connectivity index (χ1n) is 8.20. The quantitative estimate of drug-likeness (QED) is 0.778. The average Bonchev–Trinajstić information content (AvgIpc) is 2.58. The van der Waals surface area contributed by atoms with E-state index < -0.39 is 5.97 Å². The van der Waals surface area contributed by atoms with Gasteiger partial charge in [0.05, 0.1) is 12.2 Å². The number of benzene rings is 2. The average molecular weight is 341 g/mol. The molecule has 1 N–H and O–H groups in total. The van der Waals surface area contributed by atoms with Crippen LogP contribution in [0.1, 0.15) is 29.8 Å². The summed E-state index contributed by atoms with van der Waals surface area (Å²) in [6.07, 6.45) is 0. The number of carbonyl (C=O) groups excluding carboxylic acids is 2. The number of carbonyl (C=O) groups is 2. The molecule has 132 valence electrons. The number of hydrogen-bond acceptors (Lipinski definition) is 4. The van der Waals surface area contributed by atoms with E-state index >= 15 is 0 Å². The fraction of sp³-hybridized carbons (Fsp3) is 0.300. The molecular weight excluding hydrogens is 318 g/mol. The molecule has 25 heavy (non-hydrogen) atoms. The van der Waals surface area contributed by atoms with Gasteiger partial charge in [-0.2, -0.15) is 0 Å². The number of rotatable bonds is 7. The Labute approximate surface area is 148 Å². The van der Waals surface area contributed by atoms with Gasteiger partial charge in [-0.25, -0.2) is 4.79 Å². The summed E-state index contributed by atoms with van der Waals surface area (Å²) in [6.45, 7) is 6.25. The van der Waals surface area contributed by atoms with Gasteiger partial charge in [-0.1, -0.05) is 32.0 Å². The van der Waals surface area contributed by atoms with E-state index in [1.54, 1.807) is 30.3 Å². The van der Waals surface area contributed by atoms with E-state index in [2.05, 4.69) is 5.32 Å². The maximum Gasteiger partial charge on any atom is 0.338 e. The van der Waals surface area contributed by atoms with E-state index in [0.29, 0.717) is 29.5 Å². The second kappa shape index (κ2) is 8.87. The molecule has 2 rings (SSSR count). The largest absolute Gasteiger partial charge is 0.493 e. The molecule has 0 aliphatic carbocycles. The summed E-state index contributed by atoms with van der Waals surface area (Å²) < 4.78 is 10.7. The van der Waals surface area contributed by atoms with Crippen molar-refractivity contribution < 1.29 is 19.1 Å². The van der Waals surface area contributed by atoms with Crippen molar-refractivity contribution in [3.63, 3.8) is 0 Å². The van der Waals surface area contributed by atoms with E-state index in [1.807, 2.05) is 39.0 Å². The minimum Gasteiger partial charge on any atom is -0.493 e. The molecule has 0 aliphatic heterocycles. The Morgan fingerprint density at radius 3 is 2.56 bits per heavy atom. The molecule has 2 aromatic carbocycles. The third-order valence-corrected chi connectivity index (χ3v) is 3.29. The van der Waals surface area contributed by atoms with Crippen LogP contribution in [0.3, 0.4) is 0 Å². The Bertz CT molecular complexity index is 740. The van der Waals surface area contributed by atoms with Crippen LogP contribution in [0.4, 0.5) is 5.69 Å². The van der Waals surface area contributed by atoms with Crippen molar-refractivity contribution in [2.24, 2.45) is 5.92 Å². The maximum atomic E-state index is 12.1. The molecule has 0 saturated carbocycles. The zero-order valence-corrected chi connectivity index (χ0v) is 14.7. The third kappa shape index (κ3) is 6.30. The van der Waals surface area contributed by atoms with Crippen LogP contribution in [-0.2, 0) is 9.53 Å². The highest BCUT2D eigenvalue weighted by Gasteiger charge is 2.11. The van der Waals surface area contributed by atoms with Crippen molar-refractivity contribution in [2.75, 3.05) is 18.5 Å². The van der Waals surface area contributed by atoms with E-state index in [1.165, 1.54) is 0 Å². The van der Waals surface area contributed by atoms with Gasteiger partial charge in [0.2, 0.25) is 0 Å². The Hall–Kier alpha value is -2.82. The van der Waals surface area contributed by atoms with Crippen molar-refractivity contribution in [3.05, 3.63) is 59.7 Å². The van der Waals surface area contributed by atoms with Crippen LogP contribution in [0.2, 0.25) is 0 Å². The fourth-order valence-electron chi connectivity index (χ4n) is 2.11. The van der Waals surface area contributed by atoms with Crippen molar-refractivity contribution in [1.82, 2.24) is 0 Å². The van der Waals surface area contributed by atoms with Gasteiger partial charge in [-0.05, 0) is 48.7 Å². The smallest absolute Gasteiger partial charge is 0.338 e. The molecule has 5 heteroatoms. The van der Waals surface area contributed by atoms with Gasteiger partial charge in [-0.15, -0.1) is 0 Å². The summed E-state index contributed by atoms with van der Waals surface area (Å²) in [5.74, 6) is 0.0499. The predicted octanol–water partition coefficient (Wildman–Crippen LogP) is 3.83.